The van der Waals surface area contributed by atoms with E-state index < -0.39 is 0 Å². The fourth-order valence-corrected chi connectivity index (χ4v) is 2.00. The second-order valence-electron chi connectivity index (χ2n) is 4.84. The molecule has 3 rings (SSSR count). The van der Waals surface area contributed by atoms with E-state index in [0.29, 0.717) is 17.3 Å². The van der Waals surface area contributed by atoms with Gasteiger partial charge in [-0.05, 0) is 36.4 Å². The highest BCUT2D eigenvalue weighted by Gasteiger charge is 2.09. The molecule has 0 aliphatic heterocycles. The average molecular weight is 321 g/mol. The lowest BCUT2D eigenvalue weighted by Gasteiger charge is -2.08. The molecule has 6 heteroatoms. The SMILES string of the molecule is COc1cc(C(=O)Nc2ccc(Oc3ccccc3)cc2)ncn1. The van der Waals surface area contributed by atoms with E-state index in [1.54, 1.807) is 24.3 Å². The molecule has 0 spiro atoms. The van der Waals surface area contributed by atoms with Crippen LogP contribution in [-0.4, -0.2) is 23.0 Å². The molecule has 0 fully saturated rings. The van der Waals surface area contributed by atoms with Crippen LogP contribution in [0.25, 0.3) is 0 Å². The van der Waals surface area contributed by atoms with Crippen molar-refractivity contribution in [3.05, 3.63) is 72.7 Å². The van der Waals surface area contributed by atoms with Crippen molar-refractivity contribution in [2.75, 3.05) is 12.4 Å². The maximum absolute atomic E-state index is 12.2. The number of benzene rings is 2. The van der Waals surface area contributed by atoms with Gasteiger partial charge in [-0.3, -0.25) is 4.79 Å². The van der Waals surface area contributed by atoms with Crippen LogP contribution in [0.15, 0.2) is 67.0 Å². The summed E-state index contributed by atoms with van der Waals surface area (Å²) in [5.41, 5.74) is 0.865. The smallest absolute Gasteiger partial charge is 0.274 e. The monoisotopic (exact) mass is 321 g/mol. The van der Waals surface area contributed by atoms with E-state index in [2.05, 4.69) is 15.3 Å². The van der Waals surface area contributed by atoms with E-state index in [1.165, 1.54) is 19.5 Å². The normalized spacial score (nSPS) is 10.0. The minimum atomic E-state index is -0.340. The Hall–Kier alpha value is -3.41. The third-order valence-electron chi connectivity index (χ3n) is 3.17. The molecule has 0 radical (unpaired) electrons. The molecule has 1 heterocycles. The van der Waals surface area contributed by atoms with Crippen molar-refractivity contribution in [1.82, 2.24) is 9.97 Å². The van der Waals surface area contributed by atoms with Crippen LogP contribution in [0.2, 0.25) is 0 Å². The van der Waals surface area contributed by atoms with Crippen LogP contribution in [-0.2, 0) is 0 Å². The van der Waals surface area contributed by atoms with Crippen molar-refractivity contribution in [2.24, 2.45) is 0 Å². The molecule has 0 saturated heterocycles. The number of hydrogen-bond donors (Lipinski definition) is 1. The van der Waals surface area contributed by atoms with Crippen molar-refractivity contribution in [3.63, 3.8) is 0 Å². The van der Waals surface area contributed by atoms with E-state index in [1.807, 2.05) is 30.3 Å². The second kappa shape index (κ2) is 7.23. The van der Waals surface area contributed by atoms with Gasteiger partial charge in [-0.25, -0.2) is 9.97 Å². The molecule has 0 aliphatic carbocycles. The number of amides is 1. The molecule has 0 aliphatic rings. The lowest BCUT2D eigenvalue weighted by Crippen LogP contribution is -2.14. The summed E-state index contributed by atoms with van der Waals surface area (Å²) in [6.07, 6.45) is 1.28. The van der Waals surface area contributed by atoms with Crippen molar-refractivity contribution in [1.29, 1.82) is 0 Å². The van der Waals surface area contributed by atoms with Gasteiger partial charge >= 0.3 is 0 Å². The molecule has 1 amide bonds. The van der Waals surface area contributed by atoms with Gasteiger partial charge in [-0.2, -0.15) is 0 Å². The number of para-hydroxylation sites is 1. The molecule has 3 aromatic rings. The zero-order valence-corrected chi connectivity index (χ0v) is 13.0. The van der Waals surface area contributed by atoms with E-state index in [9.17, 15) is 4.79 Å². The summed E-state index contributed by atoms with van der Waals surface area (Å²) < 4.78 is 10.7. The van der Waals surface area contributed by atoms with Gasteiger partial charge in [-0.1, -0.05) is 18.2 Å². The van der Waals surface area contributed by atoms with Crippen molar-refractivity contribution in [3.8, 4) is 17.4 Å². The number of nitrogens with zero attached hydrogens (tertiary/aromatic N) is 2. The molecule has 0 unspecified atom stereocenters. The molecule has 1 N–H and O–H groups in total. The minimum Gasteiger partial charge on any atom is -0.481 e. The van der Waals surface area contributed by atoms with Crippen molar-refractivity contribution < 1.29 is 14.3 Å². The minimum absolute atomic E-state index is 0.228. The Morgan fingerprint density at radius 1 is 0.958 bits per heavy atom. The maximum atomic E-state index is 12.2. The fraction of sp³-hybridized carbons (Fsp3) is 0.0556. The molecule has 1 aromatic heterocycles. The largest absolute Gasteiger partial charge is 0.481 e. The lowest BCUT2D eigenvalue weighted by molar-refractivity contribution is 0.102. The highest BCUT2D eigenvalue weighted by atomic mass is 16.5. The maximum Gasteiger partial charge on any atom is 0.274 e. The van der Waals surface area contributed by atoms with E-state index in [0.717, 1.165) is 5.75 Å². The third-order valence-corrected chi connectivity index (χ3v) is 3.17. The molecule has 120 valence electrons. The predicted octanol–water partition coefficient (Wildman–Crippen LogP) is 3.53. The van der Waals surface area contributed by atoms with Crippen LogP contribution >= 0.6 is 0 Å². The highest BCUT2D eigenvalue weighted by Crippen LogP contribution is 2.22. The van der Waals surface area contributed by atoms with Crippen LogP contribution < -0.4 is 14.8 Å². The number of carbonyl (C=O) groups excluding carboxylic acids is 1. The third kappa shape index (κ3) is 3.86. The predicted molar refractivity (Wildman–Crippen MR) is 89.5 cm³/mol. The van der Waals surface area contributed by atoms with Crippen LogP contribution in [0.1, 0.15) is 10.5 Å². The Labute approximate surface area is 139 Å². The molecular formula is C18H15N3O3. The number of anilines is 1. The van der Waals surface area contributed by atoms with Gasteiger partial charge in [0.05, 0.1) is 7.11 Å². The van der Waals surface area contributed by atoms with Crippen LogP contribution in [0, 0.1) is 0 Å². The molecule has 0 bridgehead atoms. The number of ether oxygens (including phenoxy) is 2. The number of rotatable bonds is 5. The van der Waals surface area contributed by atoms with Gasteiger partial charge < -0.3 is 14.8 Å². The lowest BCUT2D eigenvalue weighted by atomic mass is 10.3. The van der Waals surface area contributed by atoms with Gasteiger partial charge in [0.2, 0.25) is 5.88 Å². The standard InChI is InChI=1S/C18H15N3O3/c1-23-17-11-16(19-12-20-17)18(22)21-13-7-9-15(10-8-13)24-14-5-3-2-4-6-14/h2-12H,1H3,(H,21,22). The molecule has 0 saturated carbocycles. The Balaban J connectivity index is 1.66. The van der Waals surface area contributed by atoms with E-state index in [4.69, 9.17) is 9.47 Å². The Bertz CT molecular complexity index is 820. The van der Waals surface area contributed by atoms with Gasteiger partial charge in [0.15, 0.2) is 0 Å². The first-order chi connectivity index (χ1) is 11.7. The van der Waals surface area contributed by atoms with E-state index in [-0.39, 0.29) is 11.6 Å². The Morgan fingerprint density at radius 3 is 2.38 bits per heavy atom. The van der Waals surface area contributed by atoms with E-state index >= 15 is 0 Å². The first kappa shape index (κ1) is 15.5. The summed E-state index contributed by atoms with van der Waals surface area (Å²) in [6.45, 7) is 0. The van der Waals surface area contributed by atoms with Gasteiger partial charge in [0.1, 0.15) is 23.5 Å². The first-order valence-corrected chi connectivity index (χ1v) is 7.25. The quantitative estimate of drug-likeness (QED) is 0.778. The summed E-state index contributed by atoms with van der Waals surface area (Å²) >= 11 is 0. The Kier molecular flexibility index (Phi) is 4.67. The molecule has 24 heavy (non-hydrogen) atoms. The topological polar surface area (TPSA) is 73.3 Å². The number of methoxy groups -OCH3 is 1. The molecule has 6 nitrogen and oxygen atoms in total. The fourth-order valence-electron chi connectivity index (χ4n) is 2.00. The van der Waals surface area contributed by atoms with Gasteiger partial charge in [0, 0.05) is 11.8 Å². The summed E-state index contributed by atoms with van der Waals surface area (Å²) in [5.74, 6) is 1.43. The van der Waals surface area contributed by atoms with Crippen molar-refractivity contribution >= 4 is 11.6 Å². The number of aromatic nitrogens is 2. The Morgan fingerprint density at radius 2 is 1.67 bits per heavy atom. The summed E-state index contributed by atoms with van der Waals surface area (Å²) in [6, 6.07) is 18.0. The first-order valence-electron chi connectivity index (χ1n) is 7.25. The number of hydrogen-bond acceptors (Lipinski definition) is 5. The second-order valence-corrected chi connectivity index (χ2v) is 4.84. The average Bonchev–Trinajstić information content (AvgIpc) is 2.64. The summed E-state index contributed by atoms with van der Waals surface area (Å²) in [7, 11) is 1.48. The van der Waals surface area contributed by atoms with Crippen LogP contribution in [0.3, 0.4) is 0 Å². The van der Waals surface area contributed by atoms with Crippen LogP contribution in [0.4, 0.5) is 5.69 Å². The van der Waals surface area contributed by atoms with Gasteiger partial charge in [0.25, 0.3) is 5.91 Å². The zero-order valence-electron chi connectivity index (χ0n) is 13.0. The van der Waals surface area contributed by atoms with Crippen LogP contribution in [0.5, 0.6) is 17.4 Å². The number of carbonyl (C=O) groups is 1. The summed E-state index contributed by atoms with van der Waals surface area (Å²) in [5, 5.41) is 2.76. The molecule has 2 aromatic carbocycles. The molecular weight excluding hydrogens is 306 g/mol. The zero-order chi connectivity index (χ0) is 16.8. The molecule has 0 atom stereocenters. The highest BCUT2D eigenvalue weighted by molar-refractivity contribution is 6.02. The summed E-state index contributed by atoms with van der Waals surface area (Å²) in [4.78, 5) is 20.0. The number of nitrogens with one attached hydrogen (secondary N) is 1. The van der Waals surface area contributed by atoms with Crippen molar-refractivity contribution in [2.45, 2.75) is 0 Å². The van der Waals surface area contributed by atoms with Gasteiger partial charge in [-0.15, -0.1) is 0 Å².